The van der Waals surface area contributed by atoms with Gasteiger partial charge in [-0.1, -0.05) is 23.9 Å². The van der Waals surface area contributed by atoms with Gasteiger partial charge in [0.1, 0.15) is 11.6 Å². The molecule has 7 heteroatoms. The molecule has 0 atom stereocenters. The lowest BCUT2D eigenvalue weighted by molar-refractivity contribution is -0.118. The Labute approximate surface area is 132 Å². The second kappa shape index (κ2) is 6.48. The zero-order valence-corrected chi connectivity index (χ0v) is 13.0. The van der Waals surface area contributed by atoms with Gasteiger partial charge in [0, 0.05) is 12.5 Å². The maximum atomic E-state index is 13.4. The van der Waals surface area contributed by atoms with Crippen LogP contribution in [0.4, 0.5) is 4.39 Å². The summed E-state index contributed by atoms with van der Waals surface area (Å²) < 4.78 is 13.4. The number of aromatic nitrogens is 3. The van der Waals surface area contributed by atoms with E-state index in [0.29, 0.717) is 23.2 Å². The maximum absolute atomic E-state index is 13.4. The van der Waals surface area contributed by atoms with Crippen molar-refractivity contribution in [3.05, 3.63) is 41.0 Å². The molecule has 0 aliphatic heterocycles. The van der Waals surface area contributed by atoms with Gasteiger partial charge in [-0.2, -0.15) is 0 Å². The SMILES string of the molecule is Cc1ccc(CNC(=O)CSc2n[nH]c(C3CC3)n2)cc1F. The smallest absolute Gasteiger partial charge is 0.230 e. The Bertz CT molecular complexity index is 684. The molecule has 3 rings (SSSR count). The van der Waals surface area contributed by atoms with E-state index in [9.17, 15) is 9.18 Å². The van der Waals surface area contributed by atoms with Crippen LogP contribution in [0.3, 0.4) is 0 Å². The molecule has 5 nitrogen and oxygen atoms in total. The molecule has 0 unspecified atom stereocenters. The highest BCUT2D eigenvalue weighted by molar-refractivity contribution is 7.99. The predicted molar refractivity (Wildman–Crippen MR) is 82.1 cm³/mol. The van der Waals surface area contributed by atoms with Gasteiger partial charge in [-0.15, -0.1) is 5.10 Å². The molecule has 0 spiro atoms. The van der Waals surface area contributed by atoms with Crippen molar-refractivity contribution in [3.8, 4) is 0 Å². The number of aryl methyl sites for hydroxylation is 1. The van der Waals surface area contributed by atoms with E-state index < -0.39 is 0 Å². The minimum atomic E-state index is -0.255. The highest BCUT2D eigenvalue weighted by Gasteiger charge is 2.27. The average molecular weight is 320 g/mol. The Kier molecular flexibility index (Phi) is 4.42. The van der Waals surface area contributed by atoms with Crippen molar-refractivity contribution < 1.29 is 9.18 Å². The Morgan fingerprint density at radius 2 is 2.32 bits per heavy atom. The van der Waals surface area contributed by atoms with E-state index in [2.05, 4.69) is 20.5 Å². The molecule has 1 heterocycles. The number of H-pyrrole nitrogens is 1. The molecule has 0 bridgehead atoms. The van der Waals surface area contributed by atoms with Crippen LogP contribution < -0.4 is 5.32 Å². The third kappa shape index (κ3) is 3.85. The second-order valence-corrected chi connectivity index (χ2v) is 6.37. The van der Waals surface area contributed by atoms with Gasteiger partial charge in [-0.25, -0.2) is 9.37 Å². The largest absolute Gasteiger partial charge is 0.351 e. The number of rotatable bonds is 6. The van der Waals surface area contributed by atoms with Crippen molar-refractivity contribution >= 4 is 17.7 Å². The lowest BCUT2D eigenvalue weighted by atomic mass is 10.1. The lowest BCUT2D eigenvalue weighted by Gasteiger charge is -2.05. The van der Waals surface area contributed by atoms with Gasteiger partial charge in [-0.05, 0) is 37.0 Å². The number of benzene rings is 1. The van der Waals surface area contributed by atoms with Crippen molar-refractivity contribution in [2.75, 3.05) is 5.75 Å². The van der Waals surface area contributed by atoms with E-state index in [1.54, 1.807) is 13.0 Å². The molecule has 1 aromatic heterocycles. The molecule has 0 saturated heterocycles. The molecular formula is C15H17FN4OS. The maximum Gasteiger partial charge on any atom is 0.230 e. The summed E-state index contributed by atoms with van der Waals surface area (Å²) in [7, 11) is 0. The fourth-order valence-electron chi connectivity index (χ4n) is 1.99. The first kappa shape index (κ1) is 15.0. The minimum Gasteiger partial charge on any atom is -0.351 e. The van der Waals surface area contributed by atoms with E-state index in [4.69, 9.17) is 0 Å². The molecule has 1 aromatic carbocycles. The number of halogens is 1. The van der Waals surface area contributed by atoms with Gasteiger partial charge in [0.15, 0.2) is 0 Å². The molecule has 1 saturated carbocycles. The van der Waals surface area contributed by atoms with Crippen LogP contribution in [0.15, 0.2) is 23.4 Å². The van der Waals surface area contributed by atoms with E-state index in [1.807, 2.05) is 6.07 Å². The number of amides is 1. The molecule has 2 aromatic rings. The van der Waals surface area contributed by atoms with Crippen LogP contribution >= 0.6 is 11.8 Å². The quantitative estimate of drug-likeness (QED) is 0.803. The molecule has 116 valence electrons. The van der Waals surface area contributed by atoms with Crippen LogP contribution in [0.1, 0.15) is 35.7 Å². The summed E-state index contributed by atoms with van der Waals surface area (Å²) in [6.07, 6.45) is 2.32. The molecule has 1 aliphatic carbocycles. The Hall–Kier alpha value is -1.89. The first-order valence-corrected chi connectivity index (χ1v) is 8.17. The zero-order chi connectivity index (χ0) is 15.5. The van der Waals surface area contributed by atoms with E-state index >= 15 is 0 Å². The first-order valence-electron chi connectivity index (χ1n) is 7.18. The number of thioether (sulfide) groups is 1. The molecule has 1 aliphatic rings. The third-order valence-corrected chi connectivity index (χ3v) is 4.35. The zero-order valence-electron chi connectivity index (χ0n) is 12.2. The molecular weight excluding hydrogens is 303 g/mol. The number of carbonyl (C=O) groups excluding carboxylic acids is 1. The summed E-state index contributed by atoms with van der Waals surface area (Å²) in [5.74, 6) is 1.30. The number of carbonyl (C=O) groups is 1. The first-order chi connectivity index (χ1) is 10.6. The molecule has 22 heavy (non-hydrogen) atoms. The topological polar surface area (TPSA) is 70.7 Å². The van der Waals surface area contributed by atoms with E-state index in [0.717, 1.165) is 24.2 Å². The average Bonchev–Trinajstić information content (AvgIpc) is 3.25. The Morgan fingerprint density at radius 3 is 3.05 bits per heavy atom. The summed E-state index contributed by atoms with van der Waals surface area (Å²) in [5, 5.41) is 10.4. The summed E-state index contributed by atoms with van der Waals surface area (Å²) in [6.45, 7) is 2.03. The monoisotopic (exact) mass is 320 g/mol. The minimum absolute atomic E-state index is 0.122. The number of nitrogens with one attached hydrogen (secondary N) is 2. The van der Waals surface area contributed by atoms with Gasteiger partial charge < -0.3 is 5.32 Å². The highest BCUT2D eigenvalue weighted by atomic mass is 32.2. The second-order valence-electron chi connectivity index (χ2n) is 5.43. The van der Waals surface area contributed by atoms with Crippen molar-refractivity contribution in [2.24, 2.45) is 0 Å². The van der Waals surface area contributed by atoms with Crippen molar-refractivity contribution in [1.29, 1.82) is 0 Å². The van der Waals surface area contributed by atoms with Crippen molar-refractivity contribution in [2.45, 2.75) is 37.4 Å². The van der Waals surface area contributed by atoms with Crippen LogP contribution in [0.5, 0.6) is 0 Å². The van der Waals surface area contributed by atoms with Crippen molar-refractivity contribution in [3.63, 3.8) is 0 Å². The van der Waals surface area contributed by atoms with Gasteiger partial charge >= 0.3 is 0 Å². The summed E-state index contributed by atoms with van der Waals surface area (Å²) in [6, 6.07) is 4.96. The van der Waals surface area contributed by atoms with Crippen LogP contribution in [0, 0.1) is 12.7 Å². The fraction of sp³-hybridized carbons (Fsp3) is 0.400. The van der Waals surface area contributed by atoms with Gasteiger partial charge in [-0.3, -0.25) is 9.89 Å². The van der Waals surface area contributed by atoms with Crippen LogP contribution in [0.2, 0.25) is 0 Å². The molecule has 1 fully saturated rings. The Balaban J connectivity index is 1.44. The van der Waals surface area contributed by atoms with Crippen LogP contribution in [0.25, 0.3) is 0 Å². The van der Waals surface area contributed by atoms with E-state index in [1.165, 1.54) is 17.8 Å². The summed E-state index contributed by atoms with van der Waals surface area (Å²) in [4.78, 5) is 16.2. The summed E-state index contributed by atoms with van der Waals surface area (Å²) >= 11 is 1.30. The van der Waals surface area contributed by atoms with Crippen LogP contribution in [-0.4, -0.2) is 26.8 Å². The number of hydrogen-bond donors (Lipinski definition) is 2. The van der Waals surface area contributed by atoms with Crippen molar-refractivity contribution in [1.82, 2.24) is 20.5 Å². The van der Waals surface area contributed by atoms with Gasteiger partial charge in [0.2, 0.25) is 11.1 Å². The lowest BCUT2D eigenvalue weighted by Crippen LogP contribution is -2.24. The standard InChI is InChI=1S/C15H17FN4OS/c1-9-2-3-10(6-12(9)16)7-17-13(21)8-22-15-18-14(19-20-15)11-4-5-11/h2-3,6,11H,4-5,7-8H2,1H3,(H,17,21)(H,18,19,20). The number of nitrogens with zero attached hydrogens (tertiary/aromatic N) is 2. The third-order valence-electron chi connectivity index (χ3n) is 3.50. The number of hydrogen-bond acceptors (Lipinski definition) is 4. The fourth-order valence-corrected chi connectivity index (χ4v) is 2.63. The molecule has 2 N–H and O–H groups in total. The van der Waals surface area contributed by atoms with E-state index in [-0.39, 0.29) is 17.5 Å². The Morgan fingerprint density at radius 1 is 1.50 bits per heavy atom. The van der Waals surface area contributed by atoms with Crippen LogP contribution in [-0.2, 0) is 11.3 Å². The van der Waals surface area contributed by atoms with Gasteiger partial charge in [0.05, 0.1) is 5.75 Å². The number of aromatic amines is 1. The predicted octanol–water partition coefficient (Wildman–Crippen LogP) is 2.54. The molecule has 1 amide bonds. The normalized spacial score (nSPS) is 14.1. The summed E-state index contributed by atoms with van der Waals surface area (Å²) in [5.41, 5.74) is 1.34. The molecule has 0 radical (unpaired) electrons. The van der Waals surface area contributed by atoms with Gasteiger partial charge in [0.25, 0.3) is 0 Å². The highest BCUT2D eigenvalue weighted by Crippen LogP contribution is 2.38.